The summed E-state index contributed by atoms with van der Waals surface area (Å²) >= 11 is 0. The highest BCUT2D eigenvalue weighted by Gasteiger charge is 2.35. The third-order valence-electron chi connectivity index (χ3n) is 14.4. The number of hydrogen-bond donors (Lipinski definition) is 0. The monoisotopic (exact) mass is 882 g/mol. The van der Waals surface area contributed by atoms with Crippen molar-refractivity contribution in [1.82, 2.24) is 19.5 Å². The van der Waals surface area contributed by atoms with E-state index in [4.69, 9.17) is 19.4 Å². The zero-order valence-corrected chi connectivity index (χ0v) is 38.0. The first-order chi connectivity index (χ1) is 33.9. The van der Waals surface area contributed by atoms with Crippen molar-refractivity contribution in [3.63, 3.8) is 0 Å². The molecule has 5 heteroatoms. The van der Waals surface area contributed by atoms with Crippen molar-refractivity contribution in [1.29, 1.82) is 0 Å². The summed E-state index contributed by atoms with van der Waals surface area (Å²) in [5.74, 6) is 1.68. The van der Waals surface area contributed by atoms with E-state index >= 15 is 0 Å². The van der Waals surface area contributed by atoms with Crippen molar-refractivity contribution < 1.29 is 4.42 Å². The molecule has 0 amide bonds. The molecule has 5 nitrogen and oxygen atoms in total. The van der Waals surface area contributed by atoms with Gasteiger partial charge in [-0.3, -0.25) is 4.57 Å². The van der Waals surface area contributed by atoms with E-state index in [1.165, 1.54) is 38.6 Å². The molecule has 0 fully saturated rings. The lowest BCUT2D eigenvalue weighted by molar-refractivity contribution is 0.660. The van der Waals surface area contributed by atoms with Crippen LogP contribution in [0.25, 0.3) is 128 Å². The largest absolute Gasteiger partial charge is 0.456 e. The van der Waals surface area contributed by atoms with E-state index in [9.17, 15) is 0 Å². The van der Waals surface area contributed by atoms with Gasteiger partial charge in [0.2, 0.25) is 5.95 Å². The van der Waals surface area contributed by atoms with Gasteiger partial charge in [-0.05, 0) is 109 Å². The quantitative estimate of drug-likeness (QED) is 0.167. The number of fused-ring (bicyclic) bond motifs is 11. The molecule has 3 heterocycles. The summed E-state index contributed by atoms with van der Waals surface area (Å²) in [5, 5.41) is 6.74. The lowest BCUT2D eigenvalue weighted by atomic mass is 9.81. The van der Waals surface area contributed by atoms with Gasteiger partial charge in [-0.1, -0.05) is 184 Å². The summed E-state index contributed by atoms with van der Waals surface area (Å²) in [4.78, 5) is 16.0. The Labute approximate surface area is 398 Å². The smallest absolute Gasteiger partial charge is 0.238 e. The Morgan fingerprint density at radius 3 is 1.84 bits per heavy atom. The molecule has 0 saturated heterocycles. The molecule has 0 aliphatic heterocycles. The minimum absolute atomic E-state index is 0.128. The molecule has 0 bridgehead atoms. The van der Waals surface area contributed by atoms with Crippen molar-refractivity contribution in [3.05, 3.63) is 230 Å². The maximum absolute atomic E-state index is 6.41. The second-order valence-electron chi connectivity index (χ2n) is 18.8. The number of benzene rings is 10. The second kappa shape index (κ2) is 15.0. The van der Waals surface area contributed by atoms with Crippen LogP contribution >= 0.6 is 0 Å². The fraction of sp³-hybridized carbons (Fsp3) is 0.0469. The van der Waals surface area contributed by atoms with Crippen LogP contribution in [0, 0.1) is 0 Å². The van der Waals surface area contributed by atoms with Gasteiger partial charge in [-0.15, -0.1) is 0 Å². The molecule has 14 rings (SSSR count). The van der Waals surface area contributed by atoms with Gasteiger partial charge < -0.3 is 4.42 Å². The molecule has 13 aromatic rings. The van der Waals surface area contributed by atoms with Crippen molar-refractivity contribution in [3.8, 4) is 73.2 Å². The second-order valence-corrected chi connectivity index (χ2v) is 18.8. The first kappa shape index (κ1) is 39.3. The van der Waals surface area contributed by atoms with Gasteiger partial charge in [0, 0.05) is 43.7 Å². The Morgan fingerprint density at radius 2 is 1.00 bits per heavy atom. The van der Waals surface area contributed by atoms with Crippen LogP contribution in [0.3, 0.4) is 0 Å². The summed E-state index contributed by atoms with van der Waals surface area (Å²) in [6.45, 7) is 4.70. The maximum atomic E-state index is 6.41. The normalized spacial score (nSPS) is 12.9. The molecular formula is C64H42N4O. The van der Waals surface area contributed by atoms with Gasteiger partial charge in [-0.2, -0.15) is 9.97 Å². The Kier molecular flexibility index (Phi) is 8.56. The van der Waals surface area contributed by atoms with Crippen molar-refractivity contribution in [2.24, 2.45) is 0 Å². The number of hydrogen-bond acceptors (Lipinski definition) is 4. The van der Waals surface area contributed by atoms with Gasteiger partial charge in [0.15, 0.2) is 11.6 Å². The third kappa shape index (κ3) is 6.14. The van der Waals surface area contributed by atoms with Crippen molar-refractivity contribution >= 4 is 54.5 Å². The van der Waals surface area contributed by atoms with E-state index in [1.807, 2.05) is 36.4 Å². The predicted octanol–water partition coefficient (Wildman–Crippen LogP) is 16.7. The SMILES string of the molecule is CC1(C)c2ccccc2-c2ccc(-c3cc(-c4ccccc4)cc(-c4cccc5c6c7ccccc7ccc6n(-c6nc(-c7ccccc7)nc(-c7ccc8c(c7)oc7ccccc78)n6)c45)c3)cc21. The van der Waals surface area contributed by atoms with Gasteiger partial charge in [-0.25, -0.2) is 4.98 Å². The Hall–Kier alpha value is -8.93. The number of nitrogens with zero attached hydrogens (tertiary/aromatic N) is 4. The van der Waals surface area contributed by atoms with Crippen LogP contribution in [0.5, 0.6) is 0 Å². The highest BCUT2D eigenvalue weighted by Crippen LogP contribution is 2.50. The lowest BCUT2D eigenvalue weighted by Crippen LogP contribution is -2.14. The summed E-state index contributed by atoms with van der Waals surface area (Å²) in [5.41, 5.74) is 17.4. The molecule has 0 radical (unpaired) electrons. The van der Waals surface area contributed by atoms with Crippen LogP contribution in [0.2, 0.25) is 0 Å². The standard InChI is InChI=1S/C64H42N4O/c1-64(2)54-26-13-11-22-49(54)50-31-28-42(37-55(50)64)45-34-44(39-16-5-3-6-17-39)35-46(36-45)48-24-15-25-53-59-47-21-10-9-18-40(47)30-33-56(59)68(60(48)53)63-66-61(41-19-7-4-8-20-41)65-62(67-63)43-29-32-52-51-23-12-14-27-57(51)69-58(52)38-43/h3-38H,1-2H3. The van der Waals surface area contributed by atoms with Crippen molar-refractivity contribution in [2.45, 2.75) is 19.3 Å². The molecule has 0 spiro atoms. The van der Waals surface area contributed by atoms with Gasteiger partial charge >= 0.3 is 0 Å². The molecule has 324 valence electrons. The van der Waals surface area contributed by atoms with Crippen LogP contribution in [0.4, 0.5) is 0 Å². The number of para-hydroxylation sites is 2. The summed E-state index contributed by atoms with van der Waals surface area (Å²) in [6, 6.07) is 78.1. The molecule has 1 aliphatic rings. The van der Waals surface area contributed by atoms with Crippen molar-refractivity contribution in [2.75, 3.05) is 0 Å². The van der Waals surface area contributed by atoms with E-state index in [0.29, 0.717) is 17.6 Å². The van der Waals surface area contributed by atoms with E-state index in [1.54, 1.807) is 0 Å². The van der Waals surface area contributed by atoms with Gasteiger partial charge in [0.05, 0.1) is 11.0 Å². The van der Waals surface area contributed by atoms with E-state index < -0.39 is 0 Å². The van der Waals surface area contributed by atoms with Gasteiger partial charge in [0.1, 0.15) is 11.2 Å². The molecule has 1 aliphatic carbocycles. The van der Waals surface area contributed by atoms with Crippen LogP contribution in [-0.2, 0) is 5.41 Å². The Balaban J connectivity index is 1.04. The van der Waals surface area contributed by atoms with E-state index in [0.717, 1.165) is 82.7 Å². The Morgan fingerprint density at radius 1 is 0.377 bits per heavy atom. The summed E-state index contributed by atoms with van der Waals surface area (Å²) < 4.78 is 8.68. The van der Waals surface area contributed by atoms with E-state index in [-0.39, 0.29) is 5.41 Å². The summed E-state index contributed by atoms with van der Waals surface area (Å²) in [7, 11) is 0. The summed E-state index contributed by atoms with van der Waals surface area (Å²) in [6.07, 6.45) is 0. The lowest BCUT2D eigenvalue weighted by Gasteiger charge is -2.22. The zero-order chi connectivity index (χ0) is 45.8. The average Bonchev–Trinajstić information content (AvgIpc) is 4.04. The molecule has 0 saturated carbocycles. The van der Waals surface area contributed by atoms with E-state index in [2.05, 4.69) is 200 Å². The number of rotatable bonds is 6. The number of furan rings is 1. The molecular weight excluding hydrogens is 841 g/mol. The molecule has 0 unspecified atom stereocenters. The average molecular weight is 883 g/mol. The molecule has 69 heavy (non-hydrogen) atoms. The van der Waals surface area contributed by atoms with Crippen LogP contribution < -0.4 is 0 Å². The highest BCUT2D eigenvalue weighted by atomic mass is 16.3. The highest BCUT2D eigenvalue weighted by molar-refractivity contribution is 6.23. The van der Waals surface area contributed by atoms with Gasteiger partial charge in [0.25, 0.3) is 0 Å². The predicted molar refractivity (Wildman–Crippen MR) is 284 cm³/mol. The maximum Gasteiger partial charge on any atom is 0.238 e. The van der Waals surface area contributed by atoms with Crippen LogP contribution in [0.1, 0.15) is 25.0 Å². The first-order valence-electron chi connectivity index (χ1n) is 23.6. The zero-order valence-electron chi connectivity index (χ0n) is 38.0. The van der Waals surface area contributed by atoms with Crippen LogP contribution in [0.15, 0.2) is 223 Å². The molecule has 0 N–H and O–H groups in total. The van der Waals surface area contributed by atoms with Crippen LogP contribution in [-0.4, -0.2) is 19.5 Å². The third-order valence-corrected chi connectivity index (χ3v) is 14.4. The molecule has 0 atom stereocenters. The number of aromatic nitrogens is 4. The topological polar surface area (TPSA) is 56.7 Å². The molecule has 3 aromatic heterocycles. The molecule has 10 aromatic carbocycles. The fourth-order valence-electron chi connectivity index (χ4n) is 11.1. The minimum atomic E-state index is -0.128. The first-order valence-corrected chi connectivity index (χ1v) is 23.6. The minimum Gasteiger partial charge on any atom is -0.456 e. The Bertz CT molecular complexity index is 4220. The fourth-order valence-corrected chi connectivity index (χ4v) is 11.1.